The van der Waals surface area contributed by atoms with E-state index >= 15 is 0 Å². The van der Waals surface area contributed by atoms with E-state index in [4.69, 9.17) is 4.74 Å². The third-order valence-electron chi connectivity index (χ3n) is 6.79. The Hall–Kier alpha value is 0.253. The second-order valence-corrected chi connectivity index (χ2v) is 21.1. The van der Waals surface area contributed by atoms with E-state index in [2.05, 4.69) is 70.3 Å². The van der Waals surface area contributed by atoms with E-state index in [0.717, 1.165) is 13.2 Å². The normalized spacial score (nSPS) is 30.0. The molecule has 0 amide bonds. The van der Waals surface area contributed by atoms with Crippen LogP contribution >= 0.6 is 0 Å². The molecule has 2 nitrogen and oxygen atoms in total. The van der Waals surface area contributed by atoms with Gasteiger partial charge in [0.25, 0.3) is 0 Å². The van der Waals surface area contributed by atoms with Gasteiger partial charge in [0.05, 0.1) is 0 Å². The third kappa shape index (κ3) is 3.07. The molecule has 1 aliphatic carbocycles. The van der Waals surface area contributed by atoms with Gasteiger partial charge in [-0.2, -0.15) is 0 Å². The maximum absolute atomic E-state index is 4.94. The molecule has 2 heterocycles. The van der Waals surface area contributed by atoms with E-state index in [1.807, 2.05) is 5.20 Å². The zero-order chi connectivity index (χ0) is 18.5. The van der Waals surface area contributed by atoms with Crippen molar-refractivity contribution < 1.29 is 4.74 Å². The molecule has 0 spiro atoms. The number of hydrogen-bond acceptors (Lipinski definition) is 2. The average Bonchev–Trinajstić information content (AvgIpc) is 3.09. The van der Waals surface area contributed by atoms with Crippen molar-refractivity contribution in [2.45, 2.75) is 89.4 Å². The van der Waals surface area contributed by atoms with Crippen molar-refractivity contribution in [1.82, 2.24) is 3.27 Å². The van der Waals surface area contributed by atoms with E-state index in [9.17, 15) is 0 Å². The summed E-state index contributed by atoms with van der Waals surface area (Å²) in [5, 5.41) is 1.87. The Bertz CT molecular complexity index is 561. The number of ether oxygens (including phenoxy) is 1. The Labute approximate surface area is 157 Å². The van der Waals surface area contributed by atoms with Crippen LogP contribution in [0, 0.1) is 0 Å². The number of rotatable bonds is 0. The summed E-state index contributed by atoms with van der Waals surface area (Å²) in [6.07, 6.45) is 2.56. The summed E-state index contributed by atoms with van der Waals surface area (Å²) < 4.78 is 8.45. The molecule has 3 aliphatic rings. The van der Waals surface area contributed by atoms with Crippen LogP contribution in [-0.2, 0) is 4.74 Å². The molecular formula is C20H38GaNOSi. The fourth-order valence-electron chi connectivity index (χ4n) is 5.84. The molecule has 0 aromatic rings. The van der Waals surface area contributed by atoms with E-state index in [0.29, 0.717) is 9.51 Å². The van der Waals surface area contributed by atoms with Crippen molar-refractivity contribution in [3.63, 3.8) is 0 Å². The molecule has 1 unspecified atom stereocenters. The van der Waals surface area contributed by atoms with Gasteiger partial charge in [-0.05, 0) is 12.8 Å². The monoisotopic (exact) mass is 405 g/mol. The van der Waals surface area contributed by atoms with Crippen molar-refractivity contribution in [3.8, 4) is 0 Å². The summed E-state index contributed by atoms with van der Waals surface area (Å²) in [7, 11) is -1.46. The molecule has 0 radical (unpaired) electrons. The minimum absolute atomic E-state index is 0.337. The van der Waals surface area contributed by atoms with Crippen LogP contribution in [0.15, 0.2) is 21.9 Å². The quantitative estimate of drug-likeness (QED) is 0.479. The topological polar surface area (TPSA) is 12.5 Å². The summed E-state index contributed by atoms with van der Waals surface area (Å²) in [5.41, 5.74) is 7.91. The van der Waals surface area contributed by atoms with Crippen molar-refractivity contribution in [2.24, 2.45) is 0 Å². The van der Waals surface area contributed by atoms with Crippen molar-refractivity contribution >= 4 is 24.7 Å². The van der Waals surface area contributed by atoms with Gasteiger partial charge >= 0.3 is 126 Å². The Balaban J connectivity index is 0.000000355. The van der Waals surface area contributed by atoms with Gasteiger partial charge in [-0.15, -0.1) is 0 Å². The summed E-state index contributed by atoms with van der Waals surface area (Å²) in [6.45, 7) is 24.2. The van der Waals surface area contributed by atoms with Crippen LogP contribution in [0.5, 0.6) is 0 Å². The third-order valence-corrected chi connectivity index (χ3v) is 25.7. The van der Waals surface area contributed by atoms with Gasteiger partial charge in [0, 0.05) is 13.2 Å². The second-order valence-electron chi connectivity index (χ2n) is 9.55. The van der Waals surface area contributed by atoms with Crippen molar-refractivity contribution in [1.29, 1.82) is 0 Å². The maximum atomic E-state index is 4.94. The first-order valence-electron chi connectivity index (χ1n) is 9.65. The van der Waals surface area contributed by atoms with Gasteiger partial charge in [0.2, 0.25) is 0 Å². The van der Waals surface area contributed by atoms with Gasteiger partial charge in [-0.1, -0.05) is 0 Å². The standard InChI is InChI=1S/C15H27NSi.C4H8O.CH3.Ga/c1-10-11(2)13(4)14(12(10)3)17(8,9)16-15(5,6)7;1-2-4-5-3-1;;/h1-9H3;1-4H2;1H3;/q-1;;;+1. The summed E-state index contributed by atoms with van der Waals surface area (Å²) in [5.74, 6) is 0. The molecule has 0 saturated carbocycles. The van der Waals surface area contributed by atoms with Gasteiger partial charge in [0.1, 0.15) is 0 Å². The summed E-state index contributed by atoms with van der Waals surface area (Å²) in [6, 6.07) is 0. The van der Waals surface area contributed by atoms with Crippen LogP contribution < -0.4 is 0 Å². The molecule has 24 heavy (non-hydrogen) atoms. The molecule has 2 saturated heterocycles. The van der Waals surface area contributed by atoms with Crippen LogP contribution in [0.4, 0.5) is 0 Å². The molecule has 2 fully saturated rings. The zero-order valence-corrected chi connectivity index (χ0v) is 21.2. The van der Waals surface area contributed by atoms with Crippen molar-refractivity contribution in [2.75, 3.05) is 13.2 Å². The van der Waals surface area contributed by atoms with Gasteiger partial charge in [0.15, 0.2) is 0 Å². The molecule has 3 rings (SSSR count). The zero-order valence-electron chi connectivity index (χ0n) is 17.8. The van der Waals surface area contributed by atoms with E-state index in [1.165, 1.54) is 12.8 Å². The van der Waals surface area contributed by atoms with Crippen molar-refractivity contribution in [3.05, 3.63) is 21.9 Å². The molecule has 1 atom stereocenters. The first-order valence-corrected chi connectivity index (χ1v) is 17.3. The van der Waals surface area contributed by atoms with Crippen LogP contribution in [-0.4, -0.2) is 46.7 Å². The first kappa shape index (κ1) is 20.6. The molecular weight excluding hydrogens is 368 g/mol. The van der Waals surface area contributed by atoms with E-state index in [1.54, 1.807) is 16.7 Å². The summed E-state index contributed by atoms with van der Waals surface area (Å²) >= 11 is -1.56. The van der Waals surface area contributed by atoms with Gasteiger partial charge in [-0.25, -0.2) is 0 Å². The molecule has 4 heteroatoms. The molecule has 0 N–H and O–H groups in total. The van der Waals surface area contributed by atoms with Gasteiger partial charge in [-0.3, -0.25) is 0 Å². The second kappa shape index (κ2) is 6.77. The Morgan fingerprint density at radius 1 is 1.04 bits per heavy atom. The SMILES string of the molecule is C1CCOC1.CC1=C(C)[C]2(C)C(=C1C)[Si](C)(C)[N](C(C)(C)C)[Ga]2[CH3]. The Morgan fingerprint density at radius 2 is 1.54 bits per heavy atom. The number of hydrogen-bond donors (Lipinski definition) is 0. The van der Waals surface area contributed by atoms with Crippen LogP contribution in [0.3, 0.4) is 0 Å². The van der Waals surface area contributed by atoms with E-state index < -0.39 is 24.7 Å². The molecule has 0 aromatic carbocycles. The summed E-state index contributed by atoms with van der Waals surface area (Å²) in [4.78, 5) is 0. The molecule has 0 aromatic heterocycles. The predicted octanol–water partition coefficient (Wildman–Crippen LogP) is 5.69. The Kier molecular flexibility index (Phi) is 5.80. The Morgan fingerprint density at radius 3 is 1.88 bits per heavy atom. The number of nitrogens with zero attached hydrogens (tertiary/aromatic N) is 1. The van der Waals surface area contributed by atoms with Gasteiger partial charge < -0.3 is 4.74 Å². The first-order chi connectivity index (χ1) is 10.9. The number of fused-ring (bicyclic) bond motifs is 1. The van der Waals surface area contributed by atoms with Crippen LogP contribution in [0.2, 0.25) is 22.5 Å². The fourth-order valence-corrected chi connectivity index (χ4v) is 29.5. The molecule has 136 valence electrons. The molecule has 2 aliphatic heterocycles. The fraction of sp³-hybridized carbons (Fsp3) is 0.800. The minimum atomic E-state index is -1.56. The average molecular weight is 406 g/mol. The predicted molar refractivity (Wildman–Crippen MR) is 110 cm³/mol. The van der Waals surface area contributed by atoms with Crippen LogP contribution in [0.1, 0.15) is 61.3 Å². The van der Waals surface area contributed by atoms with Crippen LogP contribution in [0.25, 0.3) is 0 Å². The molecule has 0 bridgehead atoms. The van der Waals surface area contributed by atoms with E-state index in [-0.39, 0.29) is 0 Å². The number of allylic oxidation sites excluding steroid dienone is 4.